The van der Waals surface area contributed by atoms with E-state index in [-0.39, 0.29) is 17.9 Å². The van der Waals surface area contributed by atoms with Crippen LogP contribution in [0.3, 0.4) is 0 Å². The quantitative estimate of drug-likeness (QED) is 0.872. The maximum Gasteiger partial charge on any atom is 0.416 e. The molecule has 1 fully saturated rings. The topological polar surface area (TPSA) is 32.3 Å². The monoisotopic (exact) mass is 259 g/mol. The predicted molar refractivity (Wildman–Crippen MR) is 62.1 cm³/mol. The molecule has 1 aliphatic heterocycles. The molecule has 0 aromatic heterocycles. The van der Waals surface area contributed by atoms with Crippen LogP contribution in [0, 0.1) is 5.92 Å². The number of aliphatic hydroxyl groups excluding tert-OH is 1. The van der Waals surface area contributed by atoms with Gasteiger partial charge in [0.1, 0.15) is 0 Å². The van der Waals surface area contributed by atoms with E-state index in [0.717, 1.165) is 19.0 Å². The van der Waals surface area contributed by atoms with Gasteiger partial charge in [-0.1, -0.05) is 18.2 Å². The van der Waals surface area contributed by atoms with Gasteiger partial charge in [0.25, 0.3) is 0 Å². The van der Waals surface area contributed by atoms with Crippen molar-refractivity contribution < 1.29 is 18.3 Å². The molecule has 2 N–H and O–H groups in total. The zero-order valence-electron chi connectivity index (χ0n) is 9.87. The maximum atomic E-state index is 12.8. The van der Waals surface area contributed by atoms with Gasteiger partial charge in [0.2, 0.25) is 0 Å². The first-order valence-corrected chi connectivity index (χ1v) is 6.02. The number of nitrogens with one attached hydrogen (secondary N) is 1. The third-order valence-corrected chi connectivity index (χ3v) is 3.39. The van der Waals surface area contributed by atoms with E-state index in [1.54, 1.807) is 6.07 Å². The van der Waals surface area contributed by atoms with Crippen molar-refractivity contribution in [2.45, 2.75) is 25.1 Å². The molecule has 18 heavy (non-hydrogen) atoms. The number of halogens is 3. The lowest BCUT2D eigenvalue weighted by Crippen LogP contribution is -2.26. The van der Waals surface area contributed by atoms with E-state index >= 15 is 0 Å². The molecule has 0 spiro atoms. The highest BCUT2D eigenvalue weighted by atomic mass is 19.4. The third-order valence-electron chi connectivity index (χ3n) is 3.39. The number of aliphatic hydroxyl groups is 1. The molecule has 0 aliphatic carbocycles. The molecule has 0 amide bonds. The second-order valence-electron chi connectivity index (χ2n) is 4.68. The van der Waals surface area contributed by atoms with E-state index in [1.807, 2.05) is 0 Å². The highest BCUT2D eigenvalue weighted by Gasteiger charge is 2.34. The van der Waals surface area contributed by atoms with Gasteiger partial charge in [-0.05, 0) is 36.9 Å². The fourth-order valence-electron chi connectivity index (χ4n) is 2.37. The average molecular weight is 259 g/mol. The molecule has 1 heterocycles. The molecule has 0 bridgehead atoms. The lowest BCUT2D eigenvalue weighted by atomic mass is 9.93. The van der Waals surface area contributed by atoms with Gasteiger partial charge in [0.05, 0.1) is 11.7 Å². The zero-order valence-corrected chi connectivity index (χ0v) is 9.87. The first-order chi connectivity index (χ1) is 8.48. The Morgan fingerprint density at radius 1 is 1.33 bits per heavy atom. The van der Waals surface area contributed by atoms with Gasteiger partial charge >= 0.3 is 6.18 Å². The van der Waals surface area contributed by atoms with Gasteiger partial charge in [-0.2, -0.15) is 13.2 Å². The lowest BCUT2D eigenvalue weighted by Gasteiger charge is -2.19. The summed E-state index contributed by atoms with van der Waals surface area (Å²) >= 11 is 0. The number of benzene rings is 1. The van der Waals surface area contributed by atoms with E-state index < -0.39 is 17.8 Å². The predicted octanol–water partition coefficient (Wildman–Crippen LogP) is 2.22. The minimum absolute atomic E-state index is 0.0475. The minimum Gasteiger partial charge on any atom is -0.392 e. The molecule has 2 unspecified atom stereocenters. The minimum atomic E-state index is -4.36. The number of hydrogen-bond donors (Lipinski definition) is 2. The molecule has 1 aliphatic rings. The maximum absolute atomic E-state index is 12.8. The van der Waals surface area contributed by atoms with Crippen LogP contribution in [0.5, 0.6) is 0 Å². The Morgan fingerprint density at radius 2 is 2.06 bits per heavy atom. The molecular weight excluding hydrogens is 243 g/mol. The summed E-state index contributed by atoms with van der Waals surface area (Å²) < 4.78 is 38.3. The highest BCUT2D eigenvalue weighted by molar-refractivity contribution is 5.30. The number of hydrogen-bond acceptors (Lipinski definition) is 2. The van der Waals surface area contributed by atoms with Crippen molar-refractivity contribution in [1.29, 1.82) is 0 Å². The van der Waals surface area contributed by atoms with Gasteiger partial charge in [-0.25, -0.2) is 0 Å². The van der Waals surface area contributed by atoms with Crippen LogP contribution in [0.1, 0.15) is 17.5 Å². The molecular formula is C13H16F3NO. The first kappa shape index (κ1) is 13.4. The van der Waals surface area contributed by atoms with Crippen LogP contribution in [0.4, 0.5) is 13.2 Å². The van der Waals surface area contributed by atoms with Crippen LogP contribution in [0.2, 0.25) is 0 Å². The molecule has 0 saturated carbocycles. The summed E-state index contributed by atoms with van der Waals surface area (Å²) in [5.74, 6) is 0.0475. The molecule has 2 atom stereocenters. The molecule has 1 aromatic carbocycles. The molecule has 2 rings (SSSR count). The van der Waals surface area contributed by atoms with Crippen LogP contribution < -0.4 is 5.32 Å². The van der Waals surface area contributed by atoms with Crippen LogP contribution >= 0.6 is 0 Å². The van der Waals surface area contributed by atoms with Crippen molar-refractivity contribution in [3.63, 3.8) is 0 Å². The van der Waals surface area contributed by atoms with E-state index in [2.05, 4.69) is 5.32 Å². The van der Waals surface area contributed by atoms with E-state index in [0.29, 0.717) is 6.54 Å². The van der Waals surface area contributed by atoms with E-state index in [1.165, 1.54) is 12.1 Å². The Bertz CT molecular complexity index is 399. The molecule has 5 heteroatoms. The van der Waals surface area contributed by atoms with Crippen molar-refractivity contribution in [3.05, 3.63) is 35.4 Å². The standard InChI is InChI=1S/C13H16F3NO/c14-13(15,16)11-4-2-1-3-9(11)7-12(18)10-5-6-17-8-10/h1-4,10,12,17-18H,5-8H2. The summed E-state index contributed by atoms with van der Waals surface area (Å²) in [6.07, 6.45) is -4.20. The Hall–Kier alpha value is -1.07. The van der Waals surface area contributed by atoms with Gasteiger partial charge in [-0.15, -0.1) is 0 Å². The van der Waals surface area contributed by atoms with Crippen LogP contribution in [-0.4, -0.2) is 24.3 Å². The first-order valence-electron chi connectivity index (χ1n) is 6.02. The fourth-order valence-corrected chi connectivity index (χ4v) is 2.37. The Kier molecular flexibility index (Phi) is 3.92. The molecule has 2 nitrogen and oxygen atoms in total. The van der Waals surface area contributed by atoms with Gasteiger partial charge < -0.3 is 10.4 Å². The Morgan fingerprint density at radius 3 is 2.67 bits per heavy atom. The normalized spacial score (nSPS) is 22.1. The smallest absolute Gasteiger partial charge is 0.392 e. The second-order valence-corrected chi connectivity index (χ2v) is 4.68. The van der Waals surface area contributed by atoms with Crippen molar-refractivity contribution in [2.24, 2.45) is 5.92 Å². The van der Waals surface area contributed by atoms with Gasteiger partial charge in [-0.3, -0.25) is 0 Å². The highest BCUT2D eigenvalue weighted by Crippen LogP contribution is 2.33. The molecule has 0 radical (unpaired) electrons. The van der Waals surface area contributed by atoms with Crippen LogP contribution in [-0.2, 0) is 12.6 Å². The van der Waals surface area contributed by atoms with Crippen molar-refractivity contribution in [1.82, 2.24) is 5.32 Å². The largest absolute Gasteiger partial charge is 0.416 e. The SMILES string of the molecule is OC(Cc1ccccc1C(F)(F)F)C1CCNC1. The summed E-state index contributed by atoms with van der Waals surface area (Å²) in [7, 11) is 0. The lowest BCUT2D eigenvalue weighted by molar-refractivity contribution is -0.138. The summed E-state index contributed by atoms with van der Waals surface area (Å²) in [6, 6.07) is 5.45. The van der Waals surface area contributed by atoms with Crippen LogP contribution in [0.15, 0.2) is 24.3 Å². The van der Waals surface area contributed by atoms with Crippen LogP contribution in [0.25, 0.3) is 0 Å². The fraction of sp³-hybridized carbons (Fsp3) is 0.538. The van der Waals surface area contributed by atoms with Gasteiger partial charge in [0.15, 0.2) is 0 Å². The van der Waals surface area contributed by atoms with Crippen molar-refractivity contribution in [3.8, 4) is 0 Å². The molecule has 1 saturated heterocycles. The Balaban J connectivity index is 2.13. The third kappa shape index (κ3) is 3.03. The summed E-state index contributed by atoms with van der Waals surface area (Å²) in [5, 5.41) is 13.1. The number of rotatable bonds is 3. The molecule has 1 aromatic rings. The molecule has 100 valence electrons. The van der Waals surface area contributed by atoms with Crippen molar-refractivity contribution >= 4 is 0 Å². The summed E-state index contributed by atoms with van der Waals surface area (Å²) in [5.41, 5.74) is -0.473. The Labute approximate surface area is 104 Å². The second kappa shape index (κ2) is 5.28. The summed E-state index contributed by atoms with van der Waals surface area (Å²) in [4.78, 5) is 0. The van der Waals surface area contributed by atoms with Crippen molar-refractivity contribution in [2.75, 3.05) is 13.1 Å². The zero-order chi connectivity index (χ0) is 13.2. The number of alkyl halides is 3. The van der Waals surface area contributed by atoms with E-state index in [9.17, 15) is 18.3 Å². The summed E-state index contributed by atoms with van der Waals surface area (Å²) in [6.45, 7) is 1.50. The van der Waals surface area contributed by atoms with E-state index in [4.69, 9.17) is 0 Å². The van der Waals surface area contributed by atoms with Gasteiger partial charge in [0, 0.05) is 6.54 Å². The average Bonchev–Trinajstić information content (AvgIpc) is 2.81.